The normalized spacial score (nSPS) is 11.7. The molecular formula is C10H8F5NO3. The Bertz CT molecular complexity index is 487. The zero-order valence-electron chi connectivity index (χ0n) is 9.46. The van der Waals surface area contributed by atoms with Gasteiger partial charge in [0.15, 0.2) is 0 Å². The molecule has 0 fully saturated rings. The smallest absolute Gasteiger partial charge is 0.433 e. The number of nitrogens with zero attached hydrogens (tertiary/aromatic N) is 1. The van der Waals surface area contributed by atoms with Crippen molar-refractivity contribution < 1.29 is 36.6 Å². The molecule has 1 rings (SSSR count). The number of carboxylic acids is 1. The van der Waals surface area contributed by atoms with Gasteiger partial charge in [0.1, 0.15) is 17.1 Å². The van der Waals surface area contributed by atoms with E-state index in [4.69, 9.17) is 5.11 Å². The number of carboxylic acid groups (broad SMARTS) is 1. The van der Waals surface area contributed by atoms with Crippen molar-refractivity contribution in [3.8, 4) is 5.75 Å². The monoisotopic (exact) mass is 285 g/mol. The summed E-state index contributed by atoms with van der Waals surface area (Å²) >= 11 is 0. The van der Waals surface area contributed by atoms with Crippen LogP contribution in [0.1, 0.15) is 23.4 Å². The third kappa shape index (κ3) is 3.52. The molecule has 1 aromatic rings. The number of carbonyl (C=O) groups is 1. The van der Waals surface area contributed by atoms with E-state index in [2.05, 4.69) is 9.72 Å². The van der Waals surface area contributed by atoms with E-state index >= 15 is 0 Å². The minimum absolute atomic E-state index is 0.393. The molecule has 0 bridgehead atoms. The Morgan fingerprint density at radius 3 is 2.42 bits per heavy atom. The zero-order chi connectivity index (χ0) is 14.8. The second-order valence-electron chi connectivity index (χ2n) is 3.44. The number of alkyl halides is 5. The van der Waals surface area contributed by atoms with Crippen LogP contribution in [-0.2, 0) is 17.4 Å². The first-order valence-electron chi connectivity index (χ1n) is 4.81. The van der Waals surface area contributed by atoms with Gasteiger partial charge >= 0.3 is 12.1 Å². The number of rotatable bonds is 4. The first-order chi connectivity index (χ1) is 8.66. The van der Waals surface area contributed by atoms with Gasteiger partial charge in [-0.15, -0.1) is 0 Å². The highest BCUT2D eigenvalue weighted by atomic mass is 19.4. The van der Waals surface area contributed by atoms with Gasteiger partial charge in [0.05, 0.1) is 13.5 Å². The molecule has 0 saturated carbocycles. The summed E-state index contributed by atoms with van der Waals surface area (Å²) in [7, 11) is 0.954. The van der Waals surface area contributed by atoms with Crippen LogP contribution in [0.2, 0.25) is 0 Å². The van der Waals surface area contributed by atoms with Gasteiger partial charge in [0.2, 0.25) is 0 Å². The summed E-state index contributed by atoms with van der Waals surface area (Å²) in [6.45, 7) is 0. The van der Waals surface area contributed by atoms with Gasteiger partial charge in [-0.2, -0.15) is 13.2 Å². The Balaban J connectivity index is 3.49. The van der Waals surface area contributed by atoms with Gasteiger partial charge in [0, 0.05) is 11.6 Å². The molecule has 1 N–H and O–H groups in total. The van der Waals surface area contributed by atoms with Gasteiger partial charge < -0.3 is 9.84 Å². The van der Waals surface area contributed by atoms with E-state index in [1.807, 2.05) is 0 Å². The molecule has 1 aromatic heterocycles. The third-order valence-corrected chi connectivity index (χ3v) is 2.16. The van der Waals surface area contributed by atoms with Crippen molar-refractivity contribution in [2.75, 3.05) is 7.11 Å². The van der Waals surface area contributed by atoms with Crippen LogP contribution in [0.3, 0.4) is 0 Å². The van der Waals surface area contributed by atoms with Crippen LogP contribution in [-0.4, -0.2) is 23.2 Å². The van der Waals surface area contributed by atoms with Crippen molar-refractivity contribution in [3.05, 3.63) is 23.0 Å². The van der Waals surface area contributed by atoms with Crippen LogP contribution in [0, 0.1) is 0 Å². The highest BCUT2D eigenvalue weighted by Gasteiger charge is 2.36. The van der Waals surface area contributed by atoms with Crippen molar-refractivity contribution in [2.24, 2.45) is 0 Å². The molecule has 0 aliphatic rings. The standard InChI is InChI=1S/C10H8F5NO3/c1-19-5-3-6(10(13,14)15)16-8(9(11)12)4(5)2-7(17)18/h3,9H,2H2,1H3,(H,17,18). The summed E-state index contributed by atoms with van der Waals surface area (Å²) in [6, 6.07) is 0.393. The predicted octanol–water partition coefficient (Wildman–Crippen LogP) is 2.67. The fraction of sp³-hybridized carbons (Fsp3) is 0.400. The van der Waals surface area contributed by atoms with Crippen LogP contribution >= 0.6 is 0 Å². The van der Waals surface area contributed by atoms with Crippen LogP contribution in [0.4, 0.5) is 22.0 Å². The van der Waals surface area contributed by atoms with Gasteiger partial charge in [-0.3, -0.25) is 4.79 Å². The molecule has 0 spiro atoms. The largest absolute Gasteiger partial charge is 0.496 e. The molecule has 0 saturated heterocycles. The first-order valence-corrected chi connectivity index (χ1v) is 4.81. The Morgan fingerprint density at radius 2 is 2.05 bits per heavy atom. The topological polar surface area (TPSA) is 59.4 Å². The van der Waals surface area contributed by atoms with Crippen LogP contribution < -0.4 is 4.74 Å². The Labute approximate surface area is 103 Å². The maximum Gasteiger partial charge on any atom is 0.433 e. The fourth-order valence-corrected chi connectivity index (χ4v) is 1.40. The van der Waals surface area contributed by atoms with Gasteiger partial charge in [-0.1, -0.05) is 0 Å². The molecule has 0 aromatic carbocycles. The van der Waals surface area contributed by atoms with Crippen molar-refractivity contribution in [2.45, 2.75) is 19.0 Å². The lowest BCUT2D eigenvalue weighted by Crippen LogP contribution is -2.14. The number of halogens is 5. The summed E-state index contributed by atoms with van der Waals surface area (Å²) in [5.41, 5.74) is -3.37. The second-order valence-corrected chi connectivity index (χ2v) is 3.44. The van der Waals surface area contributed by atoms with Crippen LogP contribution in [0.15, 0.2) is 6.07 Å². The summed E-state index contributed by atoms with van der Waals surface area (Å²) in [5.74, 6) is -2.07. The molecule has 0 amide bonds. The van der Waals surface area contributed by atoms with E-state index in [0.717, 1.165) is 7.11 Å². The molecule has 0 atom stereocenters. The van der Waals surface area contributed by atoms with Crippen molar-refractivity contribution in [1.29, 1.82) is 0 Å². The number of hydrogen-bond donors (Lipinski definition) is 1. The van der Waals surface area contributed by atoms with E-state index in [1.165, 1.54) is 0 Å². The Hall–Kier alpha value is -1.93. The van der Waals surface area contributed by atoms with Crippen LogP contribution in [0.5, 0.6) is 5.75 Å². The summed E-state index contributed by atoms with van der Waals surface area (Å²) in [4.78, 5) is 13.3. The number of ether oxygens (including phenoxy) is 1. The number of pyridine rings is 1. The molecule has 0 unspecified atom stereocenters. The average molecular weight is 285 g/mol. The Morgan fingerprint density at radius 1 is 1.47 bits per heavy atom. The summed E-state index contributed by atoms with van der Waals surface area (Å²) in [6.07, 6.45) is -9.18. The minimum atomic E-state index is -4.93. The lowest BCUT2D eigenvalue weighted by atomic mass is 10.1. The number of methoxy groups -OCH3 is 1. The van der Waals surface area contributed by atoms with Gasteiger partial charge in [-0.25, -0.2) is 13.8 Å². The molecule has 0 radical (unpaired) electrons. The second kappa shape index (κ2) is 5.37. The molecule has 1 heterocycles. The van der Waals surface area contributed by atoms with E-state index < -0.39 is 47.7 Å². The zero-order valence-corrected chi connectivity index (χ0v) is 9.46. The molecular weight excluding hydrogens is 277 g/mol. The first kappa shape index (κ1) is 15.1. The highest BCUT2D eigenvalue weighted by molar-refractivity contribution is 5.72. The predicted molar refractivity (Wildman–Crippen MR) is 52.1 cm³/mol. The highest BCUT2D eigenvalue weighted by Crippen LogP contribution is 2.35. The maximum atomic E-state index is 12.7. The van der Waals surface area contributed by atoms with Crippen molar-refractivity contribution >= 4 is 5.97 Å². The van der Waals surface area contributed by atoms with Crippen LogP contribution in [0.25, 0.3) is 0 Å². The molecule has 4 nitrogen and oxygen atoms in total. The SMILES string of the molecule is COc1cc(C(F)(F)F)nc(C(F)F)c1CC(=O)O. The minimum Gasteiger partial charge on any atom is -0.496 e. The fourth-order valence-electron chi connectivity index (χ4n) is 1.40. The Kier molecular flexibility index (Phi) is 4.28. The van der Waals surface area contributed by atoms with E-state index in [-0.39, 0.29) is 0 Å². The van der Waals surface area contributed by atoms with Gasteiger partial charge in [0.25, 0.3) is 6.43 Å². The third-order valence-electron chi connectivity index (χ3n) is 2.16. The number of aromatic nitrogens is 1. The molecule has 106 valence electrons. The molecule has 0 aliphatic heterocycles. The lowest BCUT2D eigenvalue weighted by Gasteiger charge is -2.15. The van der Waals surface area contributed by atoms with E-state index in [0.29, 0.717) is 6.07 Å². The molecule has 9 heteroatoms. The van der Waals surface area contributed by atoms with E-state index in [9.17, 15) is 26.7 Å². The molecule has 0 aliphatic carbocycles. The quantitative estimate of drug-likeness (QED) is 0.864. The van der Waals surface area contributed by atoms with Gasteiger partial charge in [-0.05, 0) is 0 Å². The summed E-state index contributed by atoms with van der Waals surface area (Å²) < 4.78 is 67.3. The number of aliphatic carboxylic acids is 1. The average Bonchev–Trinajstić information content (AvgIpc) is 2.26. The summed E-state index contributed by atoms with van der Waals surface area (Å²) in [5, 5.41) is 8.57. The molecule has 19 heavy (non-hydrogen) atoms. The van der Waals surface area contributed by atoms with E-state index in [1.54, 1.807) is 0 Å². The lowest BCUT2D eigenvalue weighted by molar-refractivity contribution is -0.141. The number of hydrogen-bond acceptors (Lipinski definition) is 3. The van der Waals surface area contributed by atoms with Crippen molar-refractivity contribution in [1.82, 2.24) is 4.98 Å². The van der Waals surface area contributed by atoms with Crippen molar-refractivity contribution in [3.63, 3.8) is 0 Å². The maximum absolute atomic E-state index is 12.7.